The van der Waals surface area contributed by atoms with Gasteiger partial charge >= 0.3 is 19.5 Å². The predicted molar refractivity (Wildman–Crippen MR) is 195 cm³/mol. The van der Waals surface area contributed by atoms with Gasteiger partial charge in [0, 0.05) is 24.3 Å². The molecule has 0 spiro atoms. The Morgan fingerprint density at radius 3 is 0.754 bits per heavy atom. The van der Waals surface area contributed by atoms with Crippen LogP contribution in [0, 0.1) is 0 Å². The average molecular weight is 914 g/mol. The fraction of sp³-hybridized carbons (Fsp3) is 0. The molecule has 24 nitrogen and oxygen atoms in total. The summed E-state index contributed by atoms with van der Waals surface area (Å²) in [7, 11) is 0. The number of carboxylic acid groups (broad SMARTS) is 4. The van der Waals surface area contributed by atoms with E-state index in [0.717, 1.165) is 24.3 Å². The minimum atomic E-state index is -1.52. The number of benzene rings is 2. The topological polar surface area (TPSA) is 525 Å². The Balaban J connectivity index is -0.000000151. The van der Waals surface area contributed by atoms with Crippen LogP contribution in [0.4, 0.5) is 0 Å². The van der Waals surface area contributed by atoms with E-state index in [1.807, 2.05) is 24.8 Å². The molecular weight excluding hydrogens is 874 g/mol. The van der Waals surface area contributed by atoms with Crippen molar-refractivity contribution < 1.29 is 133 Å². The van der Waals surface area contributed by atoms with Gasteiger partial charge in [0.1, 0.15) is 0 Å². The molecule has 0 bridgehead atoms. The van der Waals surface area contributed by atoms with E-state index in [4.69, 9.17) is 30.6 Å². The molecule has 0 aliphatic heterocycles. The number of phenols is 6. The van der Waals surface area contributed by atoms with Crippen LogP contribution in [0.3, 0.4) is 0 Å². The number of hydrogen-bond donors (Lipinski definition) is 6. The van der Waals surface area contributed by atoms with Crippen molar-refractivity contribution in [2.75, 3.05) is 0 Å². The number of H-pyrrole nitrogens is 2. The molecule has 0 amide bonds. The van der Waals surface area contributed by atoms with Gasteiger partial charge < -0.3 is 103 Å². The van der Waals surface area contributed by atoms with Crippen molar-refractivity contribution in [3.8, 4) is 45.6 Å². The van der Waals surface area contributed by atoms with Gasteiger partial charge in [0.15, 0.2) is 59.3 Å². The van der Waals surface area contributed by atoms with E-state index in [0.29, 0.717) is 0 Å². The predicted octanol–water partition coefficient (Wildman–Crippen LogP) is -6.74. The van der Waals surface area contributed by atoms with Crippen LogP contribution < -0.4 is 30.4 Å². The minimum Gasteiger partial charge on any atom is -0.543 e. The quantitative estimate of drug-likeness (QED) is 0.0691. The van der Waals surface area contributed by atoms with E-state index in [1.165, 1.54) is 59.7 Å². The van der Waals surface area contributed by atoms with Crippen molar-refractivity contribution in [1.82, 2.24) is 9.97 Å². The maximum atomic E-state index is 10.2. The summed E-state index contributed by atoms with van der Waals surface area (Å²) in [5.74, 6) is -8.25. The summed E-state index contributed by atoms with van der Waals surface area (Å²) in [6.07, 6.45) is 7.69. The molecule has 6 aromatic rings. The number of carbonyl (C=O) groups excluding carboxylic acids is 4. The maximum Gasteiger partial charge on any atom is 2.00 e. The third-order valence-corrected chi connectivity index (χ3v) is 6.09. The summed E-state index contributed by atoms with van der Waals surface area (Å²) in [5.41, 5.74) is 0.771. The molecule has 61 heavy (non-hydrogen) atoms. The first kappa shape index (κ1) is 65.0. The molecule has 0 saturated carbocycles. The van der Waals surface area contributed by atoms with Gasteiger partial charge in [-0.3, -0.25) is 0 Å². The van der Waals surface area contributed by atoms with Gasteiger partial charge in [-0.25, -0.2) is 19.9 Å². The molecule has 20 N–H and O–H groups in total. The molecule has 0 radical (unpaired) electrons. The van der Waals surface area contributed by atoms with Crippen molar-refractivity contribution in [3.63, 3.8) is 0 Å². The SMILES string of the molecule is O.O.O.O.O.O.O=C([O-])c1cccc(C(=O)[O-])n1.O=C([O-])c1cccc(C(=O)[O-])n1.Oc1cccc(O)c1O.Oc1cccc(O)c1O.[Zn+2].c1cc(-c2cc[nH+]cc2)cc[nH+]1. The fourth-order valence-electron chi connectivity index (χ4n) is 3.52. The van der Waals surface area contributed by atoms with Gasteiger partial charge in [0.25, 0.3) is 0 Å². The number of hydrogen-bond acceptors (Lipinski definition) is 16. The van der Waals surface area contributed by atoms with Crippen molar-refractivity contribution in [3.05, 3.63) is 145 Å². The van der Waals surface area contributed by atoms with Gasteiger partial charge in [-0.15, -0.1) is 0 Å². The molecule has 0 unspecified atom stereocenters. The standard InChI is InChI=1S/C10H8N2.2C7H5NO4.2C6H6O3.6H2O.Zn/c1-5-11-6-2-9(1)10-3-7-12-8-4-10;2*9-6(10)4-2-1-3-5(8-4)7(11)12;2*7-4-2-1-3-5(8)6(4)9;;;;;;;/h1-8H;2*1-3H,(H,9,10)(H,11,12);2*1-3,7-9H;6*1H2;/q;;;;;;;;;;;+2/p-2. The maximum absolute atomic E-state index is 10.2. The van der Waals surface area contributed by atoms with Gasteiger partial charge in [-0.1, -0.05) is 24.3 Å². The van der Waals surface area contributed by atoms with Gasteiger partial charge in [-0.05, 0) is 59.7 Å². The third kappa shape index (κ3) is 22.6. The average Bonchev–Trinajstić information content (AvgIpc) is 3.17. The monoisotopic (exact) mass is 912 g/mol. The van der Waals surface area contributed by atoms with Crippen molar-refractivity contribution >= 4 is 23.9 Å². The number of nitrogens with zero attached hydrogens (tertiary/aromatic N) is 2. The van der Waals surface area contributed by atoms with Crippen LogP contribution in [-0.2, 0) is 19.5 Å². The Hall–Kier alpha value is -7.90. The molecular formula is C36H40N4O20Zn. The normalized spacial score (nSPS) is 8.33. The number of aromatic carboxylic acids is 4. The van der Waals surface area contributed by atoms with Gasteiger partial charge in [-0.2, -0.15) is 0 Å². The Morgan fingerprint density at radius 1 is 0.377 bits per heavy atom. The zero-order valence-corrected chi connectivity index (χ0v) is 34.1. The van der Waals surface area contributed by atoms with E-state index in [9.17, 15) is 39.6 Å². The molecule has 0 fully saturated rings. The van der Waals surface area contributed by atoms with Crippen LogP contribution >= 0.6 is 0 Å². The first-order chi connectivity index (χ1) is 25.6. The van der Waals surface area contributed by atoms with E-state index in [2.05, 4.69) is 44.2 Å². The summed E-state index contributed by atoms with van der Waals surface area (Å²) in [6, 6.07) is 23.3. The van der Waals surface area contributed by atoms with Crippen LogP contribution in [0.2, 0.25) is 0 Å². The summed E-state index contributed by atoms with van der Waals surface area (Å²) in [6.45, 7) is 0. The molecule has 2 aromatic carbocycles. The fourth-order valence-corrected chi connectivity index (χ4v) is 3.52. The number of para-hydroxylation sites is 2. The smallest absolute Gasteiger partial charge is 0.543 e. The number of pyridine rings is 4. The number of aromatic hydroxyl groups is 6. The number of rotatable bonds is 5. The second-order valence-electron chi connectivity index (χ2n) is 9.83. The minimum absolute atomic E-state index is 0. The molecule has 4 aromatic heterocycles. The van der Waals surface area contributed by atoms with E-state index < -0.39 is 58.2 Å². The van der Waals surface area contributed by atoms with E-state index in [-0.39, 0.29) is 75.3 Å². The largest absolute Gasteiger partial charge is 2.00 e. The van der Waals surface area contributed by atoms with E-state index >= 15 is 0 Å². The molecule has 326 valence electrons. The molecule has 4 heterocycles. The summed E-state index contributed by atoms with van der Waals surface area (Å²) in [4.78, 5) is 53.2. The number of aromatic nitrogens is 4. The van der Waals surface area contributed by atoms with Crippen LogP contribution in [0.5, 0.6) is 34.5 Å². The molecule has 0 saturated heterocycles. The van der Waals surface area contributed by atoms with Gasteiger partial charge in [0.05, 0.1) is 46.7 Å². The van der Waals surface area contributed by atoms with Crippen LogP contribution in [-0.4, -0.2) is 97.3 Å². The van der Waals surface area contributed by atoms with Crippen molar-refractivity contribution in [2.24, 2.45) is 0 Å². The van der Waals surface area contributed by atoms with Crippen molar-refractivity contribution in [2.45, 2.75) is 0 Å². The van der Waals surface area contributed by atoms with Crippen LogP contribution in [0.25, 0.3) is 11.1 Å². The number of aromatic amines is 2. The molecule has 6 rings (SSSR count). The zero-order chi connectivity index (χ0) is 40.2. The Bertz CT molecular complexity index is 1930. The van der Waals surface area contributed by atoms with Gasteiger partial charge in [0.2, 0.25) is 0 Å². The van der Waals surface area contributed by atoms with Crippen molar-refractivity contribution in [1.29, 1.82) is 0 Å². The summed E-state index contributed by atoms with van der Waals surface area (Å²) >= 11 is 0. The number of carboxylic acids is 4. The third-order valence-electron chi connectivity index (χ3n) is 6.09. The first-order valence-electron chi connectivity index (χ1n) is 14.7. The Labute approximate surface area is 355 Å². The van der Waals surface area contributed by atoms with Crippen LogP contribution in [0.15, 0.2) is 122 Å². The molecule has 0 aliphatic carbocycles. The number of nitrogens with one attached hydrogen (secondary N) is 2. The van der Waals surface area contributed by atoms with E-state index in [1.54, 1.807) is 0 Å². The number of carbonyl (C=O) groups is 4. The molecule has 0 atom stereocenters. The molecule has 0 aliphatic rings. The summed E-state index contributed by atoms with van der Waals surface area (Å²) in [5, 5.41) is 92.9. The Morgan fingerprint density at radius 2 is 0.574 bits per heavy atom. The first-order valence-corrected chi connectivity index (χ1v) is 14.7. The second kappa shape index (κ2) is 33.1. The number of phenolic OH excluding ortho intramolecular Hbond substituents is 6. The zero-order valence-electron chi connectivity index (χ0n) is 31.1. The molecule has 25 heteroatoms. The Kier molecular flexibility index (Phi) is 35.3. The summed E-state index contributed by atoms with van der Waals surface area (Å²) < 4.78 is 0. The second-order valence-corrected chi connectivity index (χ2v) is 9.83. The van der Waals surface area contributed by atoms with Crippen LogP contribution in [0.1, 0.15) is 42.0 Å².